The van der Waals surface area contributed by atoms with Gasteiger partial charge in [0.1, 0.15) is 0 Å². The number of non-ortho nitro benzene ring substituents is 1. The van der Waals surface area contributed by atoms with Crippen molar-refractivity contribution in [3.05, 3.63) is 99.7 Å². The Morgan fingerprint density at radius 2 is 1.79 bits per heavy atom. The standard InChI is InChI=1S/C24H22N4O5S/c1-16-21(22-10-2-3-11-23(22)26-16)12-13-25-34(32,33)20-9-4-6-17(14-20)24(29)27-18-7-5-8-19(15-18)28(30)31/h2-11,14-15,25-26H,12-13H2,1H3,(H,27,29). The molecule has 1 amide bonds. The molecule has 0 fully saturated rings. The van der Waals surface area contributed by atoms with E-state index < -0.39 is 20.9 Å². The van der Waals surface area contributed by atoms with Crippen molar-refractivity contribution in [2.75, 3.05) is 11.9 Å². The van der Waals surface area contributed by atoms with Gasteiger partial charge in [0, 0.05) is 46.5 Å². The number of anilines is 1. The highest BCUT2D eigenvalue weighted by atomic mass is 32.2. The van der Waals surface area contributed by atoms with E-state index in [-0.39, 0.29) is 28.4 Å². The second-order valence-electron chi connectivity index (χ2n) is 7.71. The lowest BCUT2D eigenvalue weighted by Crippen LogP contribution is -2.26. The van der Waals surface area contributed by atoms with Gasteiger partial charge in [-0.15, -0.1) is 0 Å². The molecule has 0 aliphatic heterocycles. The largest absolute Gasteiger partial charge is 0.358 e. The molecule has 0 aliphatic carbocycles. The number of nitro benzene ring substituents is 1. The van der Waals surface area contributed by atoms with Crippen molar-refractivity contribution in [2.45, 2.75) is 18.2 Å². The third-order valence-electron chi connectivity index (χ3n) is 5.42. The van der Waals surface area contributed by atoms with E-state index in [2.05, 4.69) is 15.0 Å². The summed E-state index contributed by atoms with van der Waals surface area (Å²) in [5, 5.41) is 14.5. The van der Waals surface area contributed by atoms with Crippen molar-refractivity contribution in [1.82, 2.24) is 9.71 Å². The Kier molecular flexibility index (Phi) is 6.44. The number of amides is 1. The van der Waals surface area contributed by atoms with Gasteiger partial charge in [-0.2, -0.15) is 0 Å². The summed E-state index contributed by atoms with van der Waals surface area (Å²) in [6, 6.07) is 19.0. The van der Waals surface area contributed by atoms with Crippen molar-refractivity contribution in [3.63, 3.8) is 0 Å². The molecule has 0 saturated heterocycles. The minimum absolute atomic E-state index is 0.0464. The summed E-state index contributed by atoms with van der Waals surface area (Å²) in [5.74, 6) is -0.577. The number of hydrogen-bond acceptors (Lipinski definition) is 5. The lowest BCUT2D eigenvalue weighted by Gasteiger charge is -2.09. The topological polar surface area (TPSA) is 134 Å². The minimum atomic E-state index is -3.86. The van der Waals surface area contributed by atoms with Gasteiger partial charge in [-0.25, -0.2) is 13.1 Å². The number of aromatic amines is 1. The average Bonchev–Trinajstić information content (AvgIpc) is 3.14. The number of H-pyrrole nitrogens is 1. The summed E-state index contributed by atoms with van der Waals surface area (Å²) in [4.78, 5) is 26.2. The number of benzene rings is 3. The van der Waals surface area contributed by atoms with E-state index >= 15 is 0 Å². The van der Waals surface area contributed by atoms with Crippen LogP contribution in [0, 0.1) is 17.0 Å². The number of nitrogens with zero attached hydrogens (tertiary/aromatic N) is 1. The molecule has 1 aromatic heterocycles. The minimum Gasteiger partial charge on any atom is -0.358 e. The maximum atomic E-state index is 12.8. The second kappa shape index (κ2) is 9.46. The van der Waals surface area contributed by atoms with E-state index in [0.29, 0.717) is 6.42 Å². The number of fused-ring (bicyclic) bond motifs is 1. The van der Waals surface area contributed by atoms with Crippen LogP contribution in [0.25, 0.3) is 10.9 Å². The summed E-state index contributed by atoms with van der Waals surface area (Å²) in [6.45, 7) is 2.14. The zero-order chi connectivity index (χ0) is 24.3. The van der Waals surface area contributed by atoms with Crippen molar-refractivity contribution in [2.24, 2.45) is 0 Å². The molecule has 174 valence electrons. The Morgan fingerprint density at radius 3 is 2.59 bits per heavy atom. The van der Waals surface area contributed by atoms with Crippen LogP contribution in [0.2, 0.25) is 0 Å². The smallest absolute Gasteiger partial charge is 0.271 e. The van der Waals surface area contributed by atoms with Crippen LogP contribution in [0.3, 0.4) is 0 Å². The molecule has 34 heavy (non-hydrogen) atoms. The second-order valence-corrected chi connectivity index (χ2v) is 9.48. The number of nitro groups is 1. The quantitative estimate of drug-likeness (QED) is 0.258. The SMILES string of the molecule is Cc1[nH]c2ccccc2c1CCNS(=O)(=O)c1cccc(C(=O)Nc2cccc([N+](=O)[O-])c2)c1. The Morgan fingerprint density at radius 1 is 1.03 bits per heavy atom. The molecule has 0 radical (unpaired) electrons. The summed E-state index contributed by atoms with van der Waals surface area (Å²) >= 11 is 0. The van der Waals surface area contributed by atoms with Gasteiger partial charge < -0.3 is 10.3 Å². The van der Waals surface area contributed by atoms with E-state index in [1.54, 1.807) is 0 Å². The number of para-hydroxylation sites is 1. The highest BCUT2D eigenvalue weighted by molar-refractivity contribution is 7.89. The zero-order valence-corrected chi connectivity index (χ0v) is 19.1. The highest BCUT2D eigenvalue weighted by Crippen LogP contribution is 2.22. The number of carbonyl (C=O) groups excluding carboxylic acids is 1. The fourth-order valence-electron chi connectivity index (χ4n) is 3.76. The number of hydrogen-bond donors (Lipinski definition) is 3. The number of aryl methyl sites for hydroxylation is 1. The fourth-order valence-corrected chi connectivity index (χ4v) is 4.83. The van der Waals surface area contributed by atoms with Gasteiger partial charge in [-0.1, -0.05) is 30.3 Å². The number of aromatic nitrogens is 1. The van der Waals surface area contributed by atoms with E-state index in [1.165, 1.54) is 48.5 Å². The summed E-state index contributed by atoms with van der Waals surface area (Å²) in [7, 11) is -3.86. The van der Waals surface area contributed by atoms with Crippen LogP contribution in [-0.2, 0) is 16.4 Å². The first-order chi connectivity index (χ1) is 16.2. The Balaban J connectivity index is 1.45. The van der Waals surface area contributed by atoms with Crippen LogP contribution in [0.4, 0.5) is 11.4 Å². The van der Waals surface area contributed by atoms with Crippen LogP contribution in [-0.4, -0.2) is 30.8 Å². The van der Waals surface area contributed by atoms with Gasteiger partial charge in [-0.3, -0.25) is 14.9 Å². The normalized spacial score (nSPS) is 11.4. The molecule has 3 aromatic carbocycles. The van der Waals surface area contributed by atoms with Crippen molar-refractivity contribution in [1.29, 1.82) is 0 Å². The van der Waals surface area contributed by atoms with E-state index in [4.69, 9.17) is 0 Å². The number of rotatable bonds is 8. The molecule has 0 bridgehead atoms. The van der Waals surface area contributed by atoms with Crippen LogP contribution in [0.5, 0.6) is 0 Å². The average molecular weight is 479 g/mol. The molecule has 10 heteroatoms. The van der Waals surface area contributed by atoms with E-state index in [0.717, 1.165) is 22.2 Å². The molecular weight excluding hydrogens is 456 g/mol. The van der Waals surface area contributed by atoms with Crippen molar-refractivity contribution >= 4 is 38.2 Å². The van der Waals surface area contributed by atoms with Crippen LogP contribution in [0.15, 0.2) is 77.7 Å². The number of carbonyl (C=O) groups is 1. The summed E-state index contributed by atoms with van der Waals surface area (Å²) < 4.78 is 28.3. The Hall–Kier alpha value is -4.02. The van der Waals surface area contributed by atoms with E-state index in [9.17, 15) is 23.3 Å². The first kappa shape index (κ1) is 23.1. The molecule has 1 heterocycles. The molecule has 3 N–H and O–H groups in total. The van der Waals surface area contributed by atoms with Gasteiger partial charge in [0.25, 0.3) is 11.6 Å². The molecule has 0 saturated carbocycles. The highest BCUT2D eigenvalue weighted by Gasteiger charge is 2.17. The fraction of sp³-hybridized carbons (Fsp3) is 0.125. The van der Waals surface area contributed by atoms with Gasteiger partial charge in [0.15, 0.2) is 0 Å². The van der Waals surface area contributed by atoms with Gasteiger partial charge in [-0.05, 0) is 49.2 Å². The summed E-state index contributed by atoms with van der Waals surface area (Å²) in [5.41, 5.74) is 3.22. The predicted molar refractivity (Wildman–Crippen MR) is 129 cm³/mol. The first-order valence-electron chi connectivity index (χ1n) is 10.5. The molecule has 4 rings (SSSR count). The predicted octanol–water partition coefficient (Wildman–Crippen LogP) is 4.16. The molecule has 0 atom stereocenters. The first-order valence-corrected chi connectivity index (χ1v) is 11.9. The van der Waals surface area contributed by atoms with E-state index in [1.807, 2.05) is 31.2 Å². The van der Waals surface area contributed by atoms with Crippen molar-refractivity contribution in [3.8, 4) is 0 Å². The summed E-state index contributed by atoms with van der Waals surface area (Å²) in [6.07, 6.45) is 0.502. The lowest BCUT2D eigenvalue weighted by molar-refractivity contribution is -0.384. The monoisotopic (exact) mass is 478 g/mol. The molecular formula is C24H22N4O5S. The molecule has 0 spiro atoms. The van der Waals surface area contributed by atoms with Crippen LogP contribution < -0.4 is 10.0 Å². The molecule has 9 nitrogen and oxygen atoms in total. The van der Waals surface area contributed by atoms with Crippen molar-refractivity contribution < 1.29 is 18.1 Å². The van der Waals surface area contributed by atoms with Crippen LogP contribution >= 0.6 is 0 Å². The maximum Gasteiger partial charge on any atom is 0.271 e. The zero-order valence-electron chi connectivity index (χ0n) is 18.2. The lowest BCUT2D eigenvalue weighted by atomic mass is 10.1. The number of nitrogens with one attached hydrogen (secondary N) is 3. The molecule has 4 aromatic rings. The third-order valence-corrected chi connectivity index (χ3v) is 6.87. The third kappa shape index (κ3) is 4.98. The van der Waals surface area contributed by atoms with Gasteiger partial charge in [0.2, 0.25) is 10.0 Å². The van der Waals surface area contributed by atoms with Gasteiger partial charge in [0.05, 0.1) is 9.82 Å². The van der Waals surface area contributed by atoms with Crippen LogP contribution in [0.1, 0.15) is 21.6 Å². The number of sulfonamides is 1. The Bertz CT molecular complexity index is 1490. The Labute approximate surface area is 196 Å². The molecule has 0 aliphatic rings. The van der Waals surface area contributed by atoms with Gasteiger partial charge >= 0.3 is 0 Å². The molecule has 0 unspecified atom stereocenters. The maximum absolute atomic E-state index is 12.8.